The van der Waals surface area contributed by atoms with E-state index in [9.17, 15) is 13.2 Å². The van der Waals surface area contributed by atoms with Crippen molar-refractivity contribution < 1.29 is 13.2 Å². The number of hydrogen-bond donors (Lipinski definition) is 2. The van der Waals surface area contributed by atoms with Gasteiger partial charge in [-0.2, -0.15) is 13.2 Å². The van der Waals surface area contributed by atoms with E-state index in [1.807, 2.05) is 0 Å². The number of anilines is 1. The lowest BCUT2D eigenvalue weighted by molar-refractivity contribution is -0.137. The van der Waals surface area contributed by atoms with Crippen molar-refractivity contribution in [2.75, 3.05) is 18.4 Å². The number of hydrogen-bond acceptors (Lipinski definition) is 2. The minimum atomic E-state index is -4.32. The summed E-state index contributed by atoms with van der Waals surface area (Å²) < 4.78 is 39.2. The Labute approximate surface area is 112 Å². The second-order valence-electron chi connectivity index (χ2n) is 4.36. The van der Waals surface area contributed by atoms with E-state index in [0.29, 0.717) is 4.47 Å². The van der Waals surface area contributed by atoms with Gasteiger partial charge >= 0.3 is 6.18 Å². The molecule has 0 atom stereocenters. The monoisotopic (exact) mass is 322 g/mol. The first-order valence-corrected chi connectivity index (χ1v) is 6.60. The summed E-state index contributed by atoms with van der Waals surface area (Å²) in [5, 5.41) is 6.19. The largest absolute Gasteiger partial charge is 0.418 e. The molecule has 2 N–H and O–H groups in total. The Morgan fingerprint density at radius 2 is 1.89 bits per heavy atom. The van der Waals surface area contributed by atoms with Crippen LogP contribution in [-0.2, 0) is 6.18 Å². The van der Waals surface area contributed by atoms with Gasteiger partial charge in [-0.3, -0.25) is 0 Å². The van der Waals surface area contributed by atoms with Crippen molar-refractivity contribution in [2.24, 2.45) is 0 Å². The molecule has 1 aliphatic heterocycles. The van der Waals surface area contributed by atoms with Crippen LogP contribution in [0, 0.1) is 0 Å². The van der Waals surface area contributed by atoms with Gasteiger partial charge in [0.2, 0.25) is 0 Å². The van der Waals surface area contributed by atoms with Gasteiger partial charge in [-0.05, 0) is 44.1 Å². The number of benzene rings is 1. The maximum atomic E-state index is 12.9. The molecule has 1 aromatic carbocycles. The zero-order chi connectivity index (χ0) is 13.2. The summed E-state index contributed by atoms with van der Waals surface area (Å²) in [6.45, 7) is 1.68. The lowest BCUT2D eigenvalue weighted by atomic mass is 10.1. The highest BCUT2D eigenvalue weighted by atomic mass is 79.9. The minimum absolute atomic E-state index is 0.0987. The summed E-state index contributed by atoms with van der Waals surface area (Å²) >= 11 is 3.21. The van der Waals surface area contributed by atoms with Crippen LogP contribution < -0.4 is 10.6 Å². The van der Waals surface area contributed by atoms with Crippen molar-refractivity contribution in [3.63, 3.8) is 0 Å². The predicted molar refractivity (Wildman–Crippen MR) is 68.7 cm³/mol. The molecule has 0 saturated carbocycles. The molecule has 1 aromatic rings. The van der Waals surface area contributed by atoms with Crippen LogP contribution in [0.4, 0.5) is 18.9 Å². The van der Waals surface area contributed by atoms with Crippen molar-refractivity contribution in [1.82, 2.24) is 5.32 Å². The Balaban J connectivity index is 2.21. The second-order valence-corrected chi connectivity index (χ2v) is 5.27. The van der Waals surface area contributed by atoms with E-state index >= 15 is 0 Å². The zero-order valence-electron chi connectivity index (χ0n) is 9.65. The van der Waals surface area contributed by atoms with Crippen molar-refractivity contribution in [1.29, 1.82) is 0 Å². The summed E-state index contributed by atoms with van der Waals surface area (Å²) in [6.07, 6.45) is -2.65. The quantitative estimate of drug-likeness (QED) is 0.868. The third-order valence-electron chi connectivity index (χ3n) is 2.99. The van der Waals surface area contributed by atoms with Crippen molar-refractivity contribution in [2.45, 2.75) is 25.1 Å². The van der Waals surface area contributed by atoms with Crippen LogP contribution in [0.5, 0.6) is 0 Å². The van der Waals surface area contributed by atoms with Crippen LogP contribution in [0.25, 0.3) is 0 Å². The molecular weight excluding hydrogens is 309 g/mol. The summed E-state index contributed by atoms with van der Waals surface area (Å²) in [5.41, 5.74) is -0.451. The number of rotatable bonds is 2. The summed E-state index contributed by atoms with van der Waals surface area (Å²) in [5.74, 6) is 0. The molecular formula is C12H14BrF3N2. The number of nitrogens with one attached hydrogen (secondary N) is 2. The molecule has 0 aliphatic carbocycles. The average Bonchev–Trinajstić information content (AvgIpc) is 2.28. The van der Waals surface area contributed by atoms with Crippen LogP contribution in [0.15, 0.2) is 22.7 Å². The van der Waals surface area contributed by atoms with Gasteiger partial charge in [0.25, 0.3) is 0 Å². The van der Waals surface area contributed by atoms with Crippen LogP contribution in [0.2, 0.25) is 0 Å². The molecule has 2 rings (SSSR count). The standard InChI is InChI=1S/C12H14BrF3N2/c13-8-1-2-10(12(14,15)16)11(7-8)18-9-3-5-17-6-4-9/h1-2,7,9,17-18H,3-6H2. The van der Waals surface area contributed by atoms with E-state index in [-0.39, 0.29) is 11.7 Å². The molecule has 1 saturated heterocycles. The van der Waals surface area contributed by atoms with Gasteiger partial charge in [-0.25, -0.2) is 0 Å². The Hall–Kier alpha value is -0.750. The summed E-state index contributed by atoms with van der Waals surface area (Å²) in [7, 11) is 0. The van der Waals surface area contributed by atoms with E-state index < -0.39 is 11.7 Å². The number of alkyl halides is 3. The Morgan fingerprint density at radius 3 is 2.50 bits per heavy atom. The predicted octanol–water partition coefficient (Wildman–Crippen LogP) is 3.63. The Bertz CT molecular complexity index is 414. The molecule has 6 heteroatoms. The molecule has 0 aromatic heterocycles. The van der Waals surface area contributed by atoms with Gasteiger partial charge in [0.15, 0.2) is 0 Å². The maximum absolute atomic E-state index is 12.9. The molecule has 0 amide bonds. The molecule has 1 heterocycles. The van der Waals surface area contributed by atoms with E-state index in [0.717, 1.165) is 32.0 Å². The lowest BCUT2D eigenvalue weighted by Gasteiger charge is -2.26. The third kappa shape index (κ3) is 3.38. The SMILES string of the molecule is FC(F)(F)c1ccc(Br)cc1NC1CCNCC1. The normalized spacial score (nSPS) is 17.8. The molecule has 1 fully saturated rings. The molecule has 0 spiro atoms. The van der Waals surface area contributed by atoms with Gasteiger partial charge in [-0.1, -0.05) is 15.9 Å². The van der Waals surface area contributed by atoms with Gasteiger partial charge in [-0.15, -0.1) is 0 Å². The fraction of sp³-hybridized carbons (Fsp3) is 0.500. The second kappa shape index (κ2) is 5.48. The molecule has 1 aliphatic rings. The van der Waals surface area contributed by atoms with Gasteiger partial charge in [0.1, 0.15) is 0 Å². The van der Waals surface area contributed by atoms with Crippen molar-refractivity contribution >= 4 is 21.6 Å². The van der Waals surface area contributed by atoms with Crippen LogP contribution in [0.1, 0.15) is 18.4 Å². The zero-order valence-corrected chi connectivity index (χ0v) is 11.2. The first kappa shape index (κ1) is 13.7. The highest BCUT2D eigenvalue weighted by Crippen LogP contribution is 2.36. The van der Waals surface area contributed by atoms with E-state index in [1.165, 1.54) is 12.1 Å². The summed E-state index contributed by atoms with van der Waals surface area (Å²) in [6, 6.07) is 4.11. The van der Waals surface area contributed by atoms with E-state index in [4.69, 9.17) is 0 Å². The lowest BCUT2D eigenvalue weighted by Crippen LogP contribution is -2.35. The Morgan fingerprint density at radius 1 is 1.22 bits per heavy atom. The highest BCUT2D eigenvalue weighted by molar-refractivity contribution is 9.10. The first-order chi connectivity index (χ1) is 8.47. The average molecular weight is 323 g/mol. The van der Waals surface area contributed by atoms with Gasteiger partial charge in [0.05, 0.1) is 5.56 Å². The van der Waals surface area contributed by atoms with Crippen molar-refractivity contribution in [3.05, 3.63) is 28.2 Å². The first-order valence-electron chi connectivity index (χ1n) is 5.81. The smallest absolute Gasteiger partial charge is 0.382 e. The molecule has 18 heavy (non-hydrogen) atoms. The molecule has 0 bridgehead atoms. The summed E-state index contributed by atoms with van der Waals surface area (Å²) in [4.78, 5) is 0. The molecule has 100 valence electrons. The fourth-order valence-corrected chi connectivity index (χ4v) is 2.43. The molecule has 0 radical (unpaired) electrons. The number of piperidine rings is 1. The van der Waals surface area contributed by atoms with Crippen LogP contribution in [-0.4, -0.2) is 19.1 Å². The molecule has 0 unspecified atom stereocenters. The number of halogens is 4. The third-order valence-corrected chi connectivity index (χ3v) is 3.48. The molecule has 2 nitrogen and oxygen atoms in total. The maximum Gasteiger partial charge on any atom is 0.418 e. The van der Waals surface area contributed by atoms with Gasteiger partial charge < -0.3 is 10.6 Å². The van der Waals surface area contributed by atoms with Crippen molar-refractivity contribution in [3.8, 4) is 0 Å². The van der Waals surface area contributed by atoms with Crippen LogP contribution in [0.3, 0.4) is 0 Å². The fourth-order valence-electron chi connectivity index (χ4n) is 2.07. The topological polar surface area (TPSA) is 24.1 Å². The minimum Gasteiger partial charge on any atom is -0.382 e. The van der Waals surface area contributed by atoms with Gasteiger partial charge in [0, 0.05) is 16.2 Å². The Kier molecular flexibility index (Phi) is 4.17. The van der Waals surface area contributed by atoms with E-state index in [1.54, 1.807) is 0 Å². The van der Waals surface area contributed by atoms with Crippen LogP contribution >= 0.6 is 15.9 Å². The highest BCUT2D eigenvalue weighted by Gasteiger charge is 2.34. The van der Waals surface area contributed by atoms with E-state index in [2.05, 4.69) is 26.6 Å².